The van der Waals surface area contributed by atoms with Crippen molar-refractivity contribution in [2.75, 3.05) is 19.1 Å². The van der Waals surface area contributed by atoms with Crippen LogP contribution in [0.5, 0.6) is 17.2 Å². The van der Waals surface area contributed by atoms with E-state index < -0.39 is 5.60 Å². The average Bonchev–Trinajstić information content (AvgIpc) is 3.53. The Morgan fingerprint density at radius 2 is 1.10 bits per heavy atom. The Kier molecular flexibility index (Phi) is 8.91. The van der Waals surface area contributed by atoms with Crippen LogP contribution in [-0.2, 0) is 11.0 Å². The van der Waals surface area contributed by atoms with Gasteiger partial charge >= 0.3 is 0 Å². The summed E-state index contributed by atoms with van der Waals surface area (Å²) in [4.78, 5) is 2.31. The molecule has 1 aliphatic carbocycles. The number of methoxy groups -OCH3 is 2. The van der Waals surface area contributed by atoms with E-state index in [1.165, 1.54) is 44.5 Å². The third kappa shape index (κ3) is 5.97. The number of fused-ring (bicyclic) bond motifs is 8. The van der Waals surface area contributed by atoms with Crippen LogP contribution in [0, 0.1) is 13.8 Å². The molecule has 0 spiro atoms. The van der Waals surface area contributed by atoms with Gasteiger partial charge in [-0.25, -0.2) is 0 Å². The Bertz CT molecular complexity index is 2880. The summed E-state index contributed by atoms with van der Waals surface area (Å²) in [7, 11) is 3.44. The van der Waals surface area contributed by atoms with Crippen molar-refractivity contribution in [1.82, 2.24) is 0 Å². The zero-order valence-electron chi connectivity index (χ0n) is 34.9. The summed E-state index contributed by atoms with van der Waals surface area (Å²) in [5, 5.41) is 2.16. The predicted molar refractivity (Wildman–Crippen MR) is 248 cm³/mol. The van der Waals surface area contributed by atoms with Crippen LogP contribution in [0.4, 0.5) is 17.1 Å². The molecular formula is C56H47NO3. The average molecular weight is 782 g/mol. The first-order valence-corrected chi connectivity index (χ1v) is 20.6. The minimum absolute atomic E-state index is 0.318. The van der Waals surface area contributed by atoms with E-state index in [1.807, 2.05) is 18.2 Å². The number of hydrogen-bond acceptors (Lipinski definition) is 4. The quantitative estimate of drug-likeness (QED) is 0.154. The van der Waals surface area contributed by atoms with Crippen LogP contribution in [0.25, 0.3) is 39.1 Å². The molecule has 1 heterocycles. The zero-order chi connectivity index (χ0) is 41.2. The van der Waals surface area contributed by atoms with Gasteiger partial charge in [-0.2, -0.15) is 0 Å². The number of hydrogen-bond donors (Lipinski definition) is 0. The first-order valence-electron chi connectivity index (χ1n) is 20.6. The molecule has 10 rings (SSSR count). The van der Waals surface area contributed by atoms with Gasteiger partial charge in [0.05, 0.1) is 14.2 Å². The highest BCUT2D eigenvalue weighted by atomic mass is 16.5. The molecule has 0 saturated heterocycles. The number of ether oxygens (including phenoxy) is 3. The maximum atomic E-state index is 7.68. The SMILES string of the molecule is COc1ccc(C2(c3ccc(N(c4ccc(C)cc4)c4ccc(C)cc4)cc3)C=Cc3c4c(c5cc(OC)ccc5c3O2)-c2ccc(-c3ccccc3)cc2C4(C)C)cc1. The van der Waals surface area contributed by atoms with Crippen LogP contribution in [-0.4, -0.2) is 14.2 Å². The minimum Gasteiger partial charge on any atom is -0.497 e. The van der Waals surface area contributed by atoms with E-state index in [0.717, 1.165) is 61.8 Å². The fraction of sp³-hybridized carbons (Fsp3) is 0.143. The summed E-state index contributed by atoms with van der Waals surface area (Å²) in [6.45, 7) is 8.95. The van der Waals surface area contributed by atoms with Crippen molar-refractivity contribution in [3.63, 3.8) is 0 Å². The lowest BCUT2D eigenvalue weighted by Crippen LogP contribution is -2.35. The number of anilines is 3. The monoisotopic (exact) mass is 781 g/mol. The van der Waals surface area contributed by atoms with E-state index in [-0.39, 0.29) is 5.41 Å². The number of benzene rings is 8. The lowest BCUT2D eigenvalue weighted by atomic mass is 9.76. The molecule has 0 amide bonds. The molecule has 60 heavy (non-hydrogen) atoms. The summed E-state index contributed by atoms with van der Waals surface area (Å²) >= 11 is 0. The molecule has 4 heteroatoms. The second-order valence-corrected chi connectivity index (χ2v) is 16.6. The van der Waals surface area contributed by atoms with Crippen LogP contribution in [0.3, 0.4) is 0 Å². The zero-order valence-corrected chi connectivity index (χ0v) is 34.9. The highest BCUT2D eigenvalue weighted by Gasteiger charge is 2.44. The van der Waals surface area contributed by atoms with E-state index in [9.17, 15) is 0 Å². The summed E-state index contributed by atoms with van der Waals surface area (Å²) in [5.74, 6) is 2.46. The minimum atomic E-state index is -0.951. The molecule has 0 N–H and O–H groups in total. The molecule has 0 fully saturated rings. The molecular weight excluding hydrogens is 735 g/mol. The van der Waals surface area contributed by atoms with Gasteiger partial charge < -0.3 is 19.1 Å². The van der Waals surface area contributed by atoms with Crippen molar-refractivity contribution < 1.29 is 14.2 Å². The lowest BCUT2D eigenvalue weighted by molar-refractivity contribution is 0.163. The second-order valence-electron chi connectivity index (χ2n) is 16.6. The summed E-state index contributed by atoms with van der Waals surface area (Å²) in [5.41, 5.74) is 15.0. The van der Waals surface area contributed by atoms with Crippen LogP contribution in [0.2, 0.25) is 0 Å². The lowest BCUT2D eigenvalue weighted by Gasteiger charge is -2.38. The molecule has 1 unspecified atom stereocenters. The van der Waals surface area contributed by atoms with Gasteiger partial charge in [0.1, 0.15) is 17.2 Å². The van der Waals surface area contributed by atoms with E-state index in [0.29, 0.717) is 0 Å². The Morgan fingerprint density at radius 3 is 1.70 bits per heavy atom. The molecule has 1 aliphatic heterocycles. The van der Waals surface area contributed by atoms with Crippen molar-refractivity contribution in [3.05, 3.63) is 209 Å². The first kappa shape index (κ1) is 37.2. The Labute approximate surface area is 353 Å². The van der Waals surface area contributed by atoms with Gasteiger partial charge in [0.2, 0.25) is 0 Å². The number of nitrogens with zero attached hydrogens (tertiary/aromatic N) is 1. The van der Waals surface area contributed by atoms with Crippen LogP contribution < -0.4 is 19.1 Å². The molecule has 0 bridgehead atoms. The molecule has 0 radical (unpaired) electrons. The molecule has 294 valence electrons. The van der Waals surface area contributed by atoms with Gasteiger partial charge in [-0.3, -0.25) is 0 Å². The molecule has 1 atom stereocenters. The van der Waals surface area contributed by atoms with Gasteiger partial charge in [0.25, 0.3) is 0 Å². The van der Waals surface area contributed by atoms with Gasteiger partial charge in [-0.1, -0.05) is 122 Å². The Balaban J connectivity index is 1.16. The predicted octanol–water partition coefficient (Wildman–Crippen LogP) is 14.3. The van der Waals surface area contributed by atoms with E-state index in [1.54, 1.807) is 14.2 Å². The van der Waals surface area contributed by atoms with Crippen LogP contribution >= 0.6 is 0 Å². The van der Waals surface area contributed by atoms with Crippen molar-refractivity contribution in [3.8, 4) is 39.5 Å². The second kappa shape index (κ2) is 14.4. The molecule has 0 saturated carbocycles. The third-order valence-corrected chi connectivity index (χ3v) is 12.6. The maximum absolute atomic E-state index is 7.68. The van der Waals surface area contributed by atoms with Gasteiger partial charge in [-0.15, -0.1) is 0 Å². The number of rotatable bonds is 8. The van der Waals surface area contributed by atoms with Crippen molar-refractivity contribution >= 4 is 33.9 Å². The molecule has 4 nitrogen and oxygen atoms in total. The largest absolute Gasteiger partial charge is 0.497 e. The smallest absolute Gasteiger partial charge is 0.178 e. The Morgan fingerprint density at radius 1 is 0.533 bits per heavy atom. The van der Waals surface area contributed by atoms with Gasteiger partial charge in [-0.05, 0) is 131 Å². The van der Waals surface area contributed by atoms with Gasteiger partial charge in [0.15, 0.2) is 5.60 Å². The third-order valence-electron chi connectivity index (χ3n) is 12.6. The molecule has 0 aromatic heterocycles. The first-order chi connectivity index (χ1) is 29.2. The summed E-state index contributed by atoms with van der Waals surface area (Å²) < 4.78 is 19.2. The molecule has 8 aromatic rings. The highest BCUT2D eigenvalue weighted by molar-refractivity contribution is 6.09. The standard InChI is InChI=1S/C56H47NO3/c1-36-12-21-42(22-13-36)57(43-23-14-37(2)15-24-43)44-25-17-40(18-26-44)56(41-19-27-45(58-5)28-20-41)33-32-49-53-52(50-35-46(59-6)29-31-47(50)54(49)60-56)48-30-16-39(34-51(48)55(53,3)4)38-10-8-7-9-11-38/h7-35H,1-6H3. The fourth-order valence-electron chi connectivity index (χ4n) is 9.41. The fourth-order valence-corrected chi connectivity index (χ4v) is 9.41. The topological polar surface area (TPSA) is 30.9 Å². The van der Waals surface area contributed by atoms with E-state index in [2.05, 4.69) is 190 Å². The molecule has 8 aromatic carbocycles. The normalized spacial score (nSPS) is 15.8. The highest BCUT2D eigenvalue weighted by Crippen LogP contribution is 2.59. The van der Waals surface area contributed by atoms with Crippen LogP contribution in [0.1, 0.15) is 52.8 Å². The van der Waals surface area contributed by atoms with Crippen LogP contribution in [0.15, 0.2) is 170 Å². The summed E-state index contributed by atoms with van der Waals surface area (Å²) in [6.07, 6.45) is 4.57. The van der Waals surface area contributed by atoms with Gasteiger partial charge in [0, 0.05) is 44.6 Å². The van der Waals surface area contributed by atoms with Crippen molar-refractivity contribution in [2.45, 2.75) is 38.7 Å². The maximum Gasteiger partial charge on any atom is 0.178 e. The summed E-state index contributed by atoms with van der Waals surface area (Å²) in [6, 6.07) is 58.5. The Hall–Kier alpha value is -7.04. The van der Waals surface area contributed by atoms with Crippen molar-refractivity contribution in [1.29, 1.82) is 0 Å². The van der Waals surface area contributed by atoms with E-state index in [4.69, 9.17) is 14.2 Å². The van der Waals surface area contributed by atoms with Crippen molar-refractivity contribution in [2.24, 2.45) is 0 Å². The molecule has 2 aliphatic rings. The van der Waals surface area contributed by atoms with E-state index >= 15 is 0 Å². The number of aryl methyl sites for hydroxylation is 2.